The van der Waals surface area contributed by atoms with E-state index in [9.17, 15) is 4.79 Å². The molecule has 23 heavy (non-hydrogen) atoms. The maximum Gasteiger partial charge on any atom is 0.160 e. The van der Waals surface area contributed by atoms with Crippen molar-refractivity contribution >= 4 is 23.1 Å². The number of carbonyl (C=O) groups is 1. The Hall–Kier alpha value is -2.31. The molecule has 0 radical (unpaired) electrons. The van der Waals surface area contributed by atoms with Crippen molar-refractivity contribution in [2.75, 3.05) is 5.32 Å². The molecule has 0 saturated carbocycles. The Bertz CT molecular complexity index is 819. The van der Waals surface area contributed by atoms with Gasteiger partial charge in [-0.25, -0.2) is 0 Å². The summed E-state index contributed by atoms with van der Waals surface area (Å²) in [6.07, 6.45) is 0. The van der Waals surface area contributed by atoms with E-state index >= 15 is 0 Å². The van der Waals surface area contributed by atoms with Crippen LogP contribution < -0.4 is 5.32 Å². The number of ketones is 1. The van der Waals surface area contributed by atoms with Gasteiger partial charge in [-0.15, -0.1) is 0 Å². The number of hydrogen-bond donors (Lipinski definition) is 1. The number of anilines is 1. The second kappa shape index (κ2) is 6.85. The summed E-state index contributed by atoms with van der Waals surface area (Å²) in [7, 11) is 0. The molecule has 0 fully saturated rings. The van der Waals surface area contributed by atoms with E-state index in [0.29, 0.717) is 17.1 Å². The minimum absolute atomic E-state index is 0.0858. The zero-order valence-corrected chi connectivity index (χ0v) is 14.5. The third kappa shape index (κ3) is 3.55. The lowest BCUT2D eigenvalue weighted by molar-refractivity contribution is 0.101. The van der Waals surface area contributed by atoms with Crippen LogP contribution in [-0.4, -0.2) is 5.78 Å². The molecule has 0 unspecified atom stereocenters. The highest BCUT2D eigenvalue weighted by Crippen LogP contribution is 2.25. The number of halogens is 1. The lowest BCUT2D eigenvalue weighted by atomic mass is 9.91. The summed E-state index contributed by atoms with van der Waals surface area (Å²) in [6, 6.07) is 9.36. The molecule has 0 aliphatic heterocycles. The Kier molecular flexibility index (Phi) is 5.08. The van der Waals surface area contributed by atoms with Gasteiger partial charge in [-0.05, 0) is 68.1 Å². The summed E-state index contributed by atoms with van der Waals surface area (Å²) in [5.41, 5.74) is 6.39. The maximum atomic E-state index is 11.9. The van der Waals surface area contributed by atoms with E-state index in [1.165, 1.54) is 0 Å². The molecule has 0 aliphatic rings. The van der Waals surface area contributed by atoms with E-state index < -0.39 is 0 Å². The highest BCUT2D eigenvalue weighted by Gasteiger charge is 2.14. The third-order valence-electron chi connectivity index (χ3n) is 4.04. The van der Waals surface area contributed by atoms with Crippen LogP contribution in [0.2, 0.25) is 5.02 Å². The number of carbonyl (C=O) groups excluding carboxylic acids is 1. The summed E-state index contributed by atoms with van der Waals surface area (Å²) in [5.74, 6) is 0.0858. The van der Waals surface area contributed by atoms with E-state index in [-0.39, 0.29) is 5.78 Å². The number of benzene rings is 2. The molecule has 118 valence electrons. The number of aryl methyl sites for hydroxylation is 2. The van der Waals surface area contributed by atoms with Crippen molar-refractivity contribution in [2.24, 2.45) is 0 Å². The molecule has 0 bridgehead atoms. The number of nitriles is 1. The van der Waals surface area contributed by atoms with Crippen molar-refractivity contribution in [1.29, 1.82) is 5.26 Å². The molecule has 1 N–H and O–H groups in total. The van der Waals surface area contributed by atoms with E-state index in [1.807, 2.05) is 39.0 Å². The van der Waals surface area contributed by atoms with Gasteiger partial charge in [0, 0.05) is 17.8 Å². The molecule has 0 heterocycles. The minimum Gasteiger partial charge on any atom is -0.381 e. The van der Waals surface area contributed by atoms with Crippen LogP contribution in [0.4, 0.5) is 5.69 Å². The number of Topliss-reactive ketones (excluding diaryl/α,β-unsaturated/α-hetero) is 1. The minimum atomic E-state index is 0.0858. The van der Waals surface area contributed by atoms with Gasteiger partial charge < -0.3 is 5.32 Å². The van der Waals surface area contributed by atoms with Crippen LogP contribution in [0.25, 0.3) is 0 Å². The monoisotopic (exact) mass is 326 g/mol. The molecule has 0 atom stereocenters. The molecular weight excluding hydrogens is 308 g/mol. The summed E-state index contributed by atoms with van der Waals surface area (Å²) < 4.78 is 0. The van der Waals surface area contributed by atoms with Gasteiger partial charge in [-0.2, -0.15) is 5.26 Å². The first kappa shape index (κ1) is 17.1. The van der Waals surface area contributed by atoms with Crippen LogP contribution in [0.3, 0.4) is 0 Å². The first-order valence-corrected chi connectivity index (χ1v) is 7.77. The SMILES string of the molecule is CC(=O)c1c(C)cc(C)c(CNc2ccc(C#N)c(Cl)c2)c1C. The summed E-state index contributed by atoms with van der Waals surface area (Å²) in [6.45, 7) is 8.20. The van der Waals surface area contributed by atoms with Crippen LogP contribution >= 0.6 is 11.6 Å². The van der Waals surface area contributed by atoms with Gasteiger partial charge in [0.05, 0.1) is 10.6 Å². The zero-order chi connectivity index (χ0) is 17.1. The molecule has 0 saturated heterocycles. The van der Waals surface area contributed by atoms with E-state index in [2.05, 4.69) is 5.32 Å². The summed E-state index contributed by atoms with van der Waals surface area (Å²) in [5, 5.41) is 12.7. The van der Waals surface area contributed by atoms with Gasteiger partial charge in [0.1, 0.15) is 6.07 Å². The van der Waals surface area contributed by atoms with Gasteiger partial charge >= 0.3 is 0 Å². The molecule has 0 aromatic heterocycles. The zero-order valence-electron chi connectivity index (χ0n) is 13.7. The predicted octanol–water partition coefficient (Wildman–Crippen LogP) is 4.95. The largest absolute Gasteiger partial charge is 0.381 e. The summed E-state index contributed by atoms with van der Waals surface area (Å²) in [4.78, 5) is 11.9. The van der Waals surface area contributed by atoms with Gasteiger partial charge in [-0.3, -0.25) is 4.79 Å². The maximum absolute atomic E-state index is 11.9. The van der Waals surface area contributed by atoms with Crippen LogP contribution in [0.5, 0.6) is 0 Å². The molecule has 2 aromatic rings. The standard InChI is InChI=1S/C19H19ClN2O/c1-11-7-12(2)19(14(4)23)13(3)17(11)10-22-16-6-5-15(9-21)18(20)8-16/h5-8,22H,10H2,1-4H3. The smallest absolute Gasteiger partial charge is 0.160 e. The Morgan fingerprint density at radius 2 is 1.91 bits per heavy atom. The van der Waals surface area contributed by atoms with Gasteiger partial charge in [0.2, 0.25) is 0 Å². The first-order chi connectivity index (χ1) is 10.8. The first-order valence-electron chi connectivity index (χ1n) is 7.39. The fourth-order valence-electron chi connectivity index (χ4n) is 2.95. The fraction of sp³-hybridized carbons (Fsp3) is 0.263. The predicted molar refractivity (Wildman–Crippen MR) is 94.2 cm³/mol. The van der Waals surface area contributed by atoms with Crippen molar-refractivity contribution in [3.63, 3.8) is 0 Å². The molecule has 0 amide bonds. The van der Waals surface area contributed by atoms with Crippen LogP contribution in [0, 0.1) is 32.1 Å². The molecule has 2 aromatic carbocycles. The Morgan fingerprint density at radius 3 is 2.48 bits per heavy atom. The van der Waals surface area contributed by atoms with Crippen molar-refractivity contribution in [1.82, 2.24) is 0 Å². The normalized spacial score (nSPS) is 10.3. The molecule has 3 nitrogen and oxygen atoms in total. The molecule has 4 heteroatoms. The third-order valence-corrected chi connectivity index (χ3v) is 4.35. The number of nitrogens with one attached hydrogen (secondary N) is 1. The fourth-order valence-corrected chi connectivity index (χ4v) is 3.17. The van der Waals surface area contributed by atoms with E-state index in [4.69, 9.17) is 16.9 Å². The highest BCUT2D eigenvalue weighted by atomic mass is 35.5. The quantitative estimate of drug-likeness (QED) is 0.808. The Labute approximate surface area is 141 Å². The molecular formula is C19H19ClN2O. The highest BCUT2D eigenvalue weighted by molar-refractivity contribution is 6.32. The van der Waals surface area contributed by atoms with Crippen molar-refractivity contribution < 1.29 is 4.79 Å². The van der Waals surface area contributed by atoms with Crippen LogP contribution in [-0.2, 0) is 6.54 Å². The Morgan fingerprint density at radius 1 is 1.22 bits per heavy atom. The van der Waals surface area contributed by atoms with Crippen LogP contribution in [0.1, 0.15) is 45.1 Å². The second-order valence-electron chi connectivity index (χ2n) is 5.71. The Balaban J connectivity index is 2.31. The van der Waals surface area contributed by atoms with E-state index in [1.54, 1.807) is 19.1 Å². The number of rotatable bonds is 4. The average molecular weight is 327 g/mol. The molecule has 0 aliphatic carbocycles. The number of nitrogens with zero attached hydrogens (tertiary/aromatic N) is 1. The lowest BCUT2D eigenvalue weighted by Gasteiger charge is -2.17. The van der Waals surface area contributed by atoms with Crippen molar-refractivity contribution in [3.8, 4) is 6.07 Å². The molecule has 0 spiro atoms. The van der Waals surface area contributed by atoms with Gasteiger partial charge in [0.25, 0.3) is 0 Å². The van der Waals surface area contributed by atoms with Crippen LogP contribution in [0.15, 0.2) is 24.3 Å². The van der Waals surface area contributed by atoms with Crippen molar-refractivity contribution in [2.45, 2.75) is 34.2 Å². The van der Waals surface area contributed by atoms with Crippen molar-refractivity contribution in [3.05, 3.63) is 62.7 Å². The lowest BCUT2D eigenvalue weighted by Crippen LogP contribution is -2.09. The van der Waals surface area contributed by atoms with E-state index in [0.717, 1.165) is 33.5 Å². The second-order valence-corrected chi connectivity index (χ2v) is 6.11. The van der Waals surface area contributed by atoms with Gasteiger partial charge in [-0.1, -0.05) is 17.7 Å². The van der Waals surface area contributed by atoms with Gasteiger partial charge in [0.15, 0.2) is 5.78 Å². The molecule has 2 rings (SSSR count). The average Bonchev–Trinajstić information content (AvgIpc) is 2.46. The topological polar surface area (TPSA) is 52.9 Å². The summed E-state index contributed by atoms with van der Waals surface area (Å²) >= 11 is 6.05. The number of hydrogen-bond acceptors (Lipinski definition) is 3.